The quantitative estimate of drug-likeness (QED) is 0.797. The molecule has 1 aromatic carbocycles. The van der Waals surface area contributed by atoms with E-state index in [9.17, 15) is 8.42 Å². The summed E-state index contributed by atoms with van der Waals surface area (Å²) in [5.41, 5.74) is 0. The Balaban J connectivity index is 0.00000264. The fraction of sp³-hybridized carbons (Fsp3) is 0.600. The first-order valence-electron chi connectivity index (χ1n) is 7.36. The smallest absolute Gasteiger partial charge is 0.243 e. The number of benzene rings is 1. The van der Waals surface area contributed by atoms with Gasteiger partial charge in [-0.1, -0.05) is 0 Å². The Hall–Kier alpha value is -1.02. The molecule has 6 nitrogen and oxygen atoms in total. The van der Waals surface area contributed by atoms with E-state index in [-0.39, 0.29) is 17.3 Å². The maximum atomic E-state index is 12.7. The molecule has 0 unspecified atom stereocenters. The number of hydrogen-bond acceptors (Lipinski definition) is 5. The summed E-state index contributed by atoms with van der Waals surface area (Å²) in [6, 6.07) is 5.14. The third kappa shape index (κ3) is 4.29. The standard InChI is InChI=1S/C15H24N2O4S.ClH/c1-12(2)16-7-9-17(10-8-16)22(18,19)13-5-6-14(20-3)15(11-13)21-4;/h5-6,11-12H,7-10H2,1-4H3;1H. The SMILES string of the molecule is COc1ccc(S(=O)(=O)N2CCN(C(C)C)CC2)cc1OC.Cl. The Morgan fingerprint density at radius 1 is 1.00 bits per heavy atom. The monoisotopic (exact) mass is 364 g/mol. The van der Waals surface area contributed by atoms with E-state index in [0.29, 0.717) is 30.6 Å². The van der Waals surface area contributed by atoms with Crippen molar-refractivity contribution in [1.82, 2.24) is 9.21 Å². The van der Waals surface area contributed by atoms with Crippen LogP contribution in [-0.4, -0.2) is 64.1 Å². The second-order valence-electron chi connectivity index (χ2n) is 5.55. The number of methoxy groups -OCH3 is 2. The van der Waals surface area contributed by atoms with E-state index >= 15 is 0 Å². The van der Waals surface area contributed by atoms with Gasteiger partial charge < -0.3 is 9.47 Å². The van der Waals surface area contributed by atoms with Crippen molar-refractivity contribution >= 4 is 22.4 Å². The summed E-state index contributed by atoms with van der Waals surface area (Å²) < 4.78 is 37.4. The van der Waals surface area contributed by atoms with Crippen LogP contribution >= 0.6 is 12.4 Å². The summed E-state index contributed by atoms with van der Waals surface area (Å²) in [7, 11) is -0.477. The predicted octanol–water partition coefficient (Wildman–Crippen LogP) is 1.84. The normalized spacial score (nSPS) is 16.9. The van der Waals surface area contributed by atoms with Crippen LogP contribution in [-0.2, 0) is 10.0 Å². The molecule has 1 aliphatic heterocycles. The van der Waals surface area contributed by atoms with Crippen LogP contribution in [0.1, 0.15) is 13.8 Å². The van der Waals surface area contributed by atoms with Crippen molar-refractivity contribution in [1.29, 1.82) is 0 Å². The van der Waals surface area contributed by atoms with Crippen LogP contribution in [0.25, 0.3) is 0 Å². The van der Waals surface area contributed by atoms with E-state index in [1.807, 2.05) is 0 Å². The topological polar surface area (TPSA) is 59.1 Å². The van der Waals surface area contributed by atoms with Gasteiger partial charge >= 0.3 is 0 Å². The number of ether oxygens (including phenoxy) is 2. The molecule has 0 bridgehead atoms. The van der Waals surface area contributed by atoms with Gasteiger partial charge in [-0.3, -0.25) is 4.90 Å². The van der Waals surface area contributed by atoms with Gasteiger partial charge in [0.1, 0.15) is 0 Å². The minimum Gasteiger partial charge on any atom is -0.493 e. The van der Waals surface area contributed by atoms with Crippen LogP contribution in [0.5, 0.6) is 11.5 Å². The molecule has 0 radical (unpaired) electrons. The number of piperazine rings is 1. The number of nitrogens with zero attached hydrogens (tertiary/aromatic N) is 2. The van der Waals surface area contributed by atoms with Crippen LogP contribution in [0.15, 0.2) is 23.1 Å². The van der Waals surface area contributed by atoms with Crippen LogP contribution in [0.4, 0.5) is 0 Å². The molecular weight excluding hydrogens is 340 g/mol. The van der Waals surface area contributed by atoms with E-state index in [1.165, 1.54) is 24.6 Å². The second kappa shape index (κ2) is 8.19. The highest BCUT2D eigenvalue weighted by Gasteiger charge is 2.29. The van der Waals surface area contributed by atoms with Gasteiger partial charge in [0.15, 0.2) is 11.5 Å². The van der Waals surface area contributed by atoms with Crippen molar-refractivity contribution in [3.05, 3.63) is 18.2 Å². The van der Waals surface area contributed by atoms with Gasteiger partial charge in [0.25, 0.3) is 0 Å². The Morgan fingerprint density at radius 2 is 1.57 bits per heavy atom. The van der Waals surface area contributed by atoms with Crippen molar-refractivity contribution in [2.24, 2.45) is 0 Å². The first-order valence-corrected chi connectivity index (χ1v) is 8.80. The van der Waals surface area contributed by atoms with Crippen molar-refractivity contribution in [2.45, 2.75) is 24.8 Å². The number of halogens is 1. The third-order valence-electron chi connectivity index (χ3n) is 4.00. The Morgan fingerprint density at radius 3 is 2.04 bits per heavy atom. The molecule has 1 aliphatic rings. The van der Waals surface area contributed by atoms with Crippen LogP contribution in [0, 0.1) is 0 Å². The molecular formula is C15H25ClN2O4S. The van der Waals surface area contributed by atoms with Gasteiger partial charge in [-0.05, 0) is 26.0 Å². The highest BCUT2D eigenvalue weighted by atomic mass is 35.5. The predicted molar refractivity (Wildman–Crippen MR) is 92.3 cm³/mol. The highest BCUT2D eigenvalue weighted by Crippen LogP contribution is 2.30. The van der Waals surface area contributed by atoms with Crippen molar-refractivity contribution in [2.75, 3.05) is 40.4 Å². The van der Waals surface area contributed by atoms with Gasteiger partial charge in [-0.15, -0.1) is 12.4 Å². The lowest BCUT2D eigenvalue weighted by Crippen LogP contribution is -2.50. The molecule has 0 amide bonds. The molecule has 0 aromatic heterocycles. The van der Waals surface area contributed by atoms with E-state index in [1.54, 1.807) is 12.1 Å². The summed E-state index contributed by atoms with van der Waals surface area (Å²) in [6.45, 7) is 6.77. The van der Waals surface area contributed by atoms with Crippen molar-refractivity contribution in [3.8, 4) is 11.5 Å². The minimum atomic E-state index is -3.50. The minimum absolute atomic E-state index is 0. The van der Waals surface area contributed by atoms with E-state index in [2.05, 4.69) is 18.7 Å². The maximum Gasteiger partial charge on any atom is 0.243 e. The number of hydrogen-bond donors (Lipinski definition) is 0. The Kier molecular flexibility index (Phi) is 7.13. The third-order valence-corrected chi connectivity index (χ3v) is 5.89. The zero-order valence-electron chi connectivity index (χ0n) is 14.0. The lowest BCUT2D eigenvalue weighted by atomic mass is 10.3. The summed E-state index contributed by atoms with van der Waals surface area (Å²) in [5.74, 6) is 0.940. The zero-order valence-corrected chi connectivity index (χ0v) is 15.6. The molecule has 1 fully saturated rings. The zero-order chi connectivity index (χ0) is 16.3. The van der Waals surface area contributed by atoms with Crippen molar-refractivity contribution < 1.29 is 17.9 Å². The largest absolute Gasteiger partial charge is 0.493 e. The fourth-order valence-corrected chi connectivity index (χ4v) is 4.02. The molecule has 1 saturated heterocycles. The second-order valence-corrected chi connectivity index (χ2v) is 7.49. The Labute approximate surface area is 144 Å². The lowest BCUT2D eigenvalue weighted by molar-refractivity contribution is 0.154. The van der Waals surface area contributed by atoms with E-state index in [0.717, 1.165) is 13.1 Å². The molecule has 0 N–H and O–H groups in total. The van der Waals surface area contributed by atoms with Gasteiger partial charge in [-0.25, -0.2) is 8.42 Å². The lowest BCUT2D eigenvalue weighted by Gasteiger charge is -2.36. The first kappa shape index (κ1) is 20.0. The molecule has 23 heavy (non-hydrogen) atoms. The number of sulfonamides is 1. The van der Waals surface area contributed by atoms with E-state index < -0.39 is 10.0 Å². The average Bonchev–Trinajstić information content (AvgIpc) is 2.54. The molecule has 2 rings (SSSR count). The summed E-state index contributed by atoms with van der Waals surface area (Å²) in [5, 5.41) is 0. The Bertz CT molecular complexity index is 614. The first-order chi connectivity index (χ1) is 10.4. The van der Waals surface area contributed by atoms with Crippen LogP contribution in [0.2, 0.25) is 0 Å². The average molecular weight is 365 g/mol. The molecule has 0 spiro atoms. The number of rotatable bonds is 5. The van der Waals surface area contributed by atoms with Crippen molar-refractivity contribution in [3.63, 3.8) is 0 Å². The van der Waals surface area contributed by atoms with Gasteiger partial charge in [0.05, 0.1) is 19.1 Å². The molecule has 8 heteroatoms. The molecule has 0 atom stereocenters. The molecule has 0 aliphatic carbocycles. The molecule has 1 heterocycles. The van der Waals surface area contributed by atoms with Crippen LogP contribution in [0.3, 0.4) is 0 Å². The maximum absolute atomic E-state index is 12.7. The van der Waals surface area contributed by atoms with Gasteiger partial charge in [0.2, 0.25) is 10.0 Å². The van der Waals surface area contributed by atoms with Gasteiger partial charge in [-0.2, -0.15) is 4.31 Å². The molecule has 1 aromatic rings. The van der Waals surface area contributed by atoms with E-state index in [4.69, 9.17) is 9.47 Å². The highest BCUT2D eigenvalue weighted by molar-refractivity contribution is 7.89. The molecule has 0 saturated carbocycles. The summed E-state index contributed by atoms with van der Waals surface area (Å²) >= 11 is 0. The summed E-state index contributed by atoms with van der Waals surface area (Å²) in [6.07, 6.45) is 0. The summed E-state index contributed by atoms with van der Waals surface area (Å²) in [4.78, 5) is 2.52. The van der Waals surface area contributed by atoms with Gasteiger partial charge in [0, 0.05) is 38.3 Å². The van der Waals surface area contributed by atoms with Crippen LogP contribution < -0.4 is 9.47 Å². The molecule has 132 valence electrons. The fourth-order valence-electron chi connectivity index (χ4n) is 2.59.